The van der Waals surface area contributed by atoms with Crippen molar-refractivity contribution in [1.82, 2.24) is 9.80 Å². The third kappa shape index (κ3) is 4.03. The van der Waals surface area contributed by atoms with Gasteiger partial charge in [-0.05, 0) is 18.4 Å². The number of nitrogens with zero attached hydrogens (tertiary/aromatic N) is 2. The van der Waals surface area contributed by atoms with Gasteiger partial charge in [0.15, 0.2) is 0 Å². The maximum atomic E-state index is 12.5. The third-order valence-electron chi connectivity index (χ3n) is 4.69. The number of benzene rings is 1. The van der Waals surface area contributed by atoms with Gasteiger partial charge in [0, 0.05) is 38.0 Å². The van der Waals surface area contributed by atoms with Crippen molar-refractivity contribution in [2.75, 3.05) is 26.2 Å². The van der Waals surface area contributed by atoms with Crippen LogP contribution in [0, 0.1) is 0 Å². The predicted octanol–water partition coefficient (Wildman–Crippen LogP) is 1.37. The van der Waals surface area contributed by atoms with Gasteiger partial charge < -0.3 is 15.5 Å². The number of amides is 2. The second kappa shape index (κ2) is 7.79. The van der Waals surface area contributed by atoms with Crippen LogP contribution >= 0.6 is 12.4 Å². The average Bonchev–Trinajstić information content (AvgIpc) is 2.92. The summed E-state index contributed by atoms with van der Waals surface area (Å²) >= 11 is 0. The molecule has 1 aromatic carbocycles. The van der Waals surface area contributed by atoms with Gasteiger partial charge in [-0.3, -0.25) is 9.59 Å². The summed E-state index contributed by atoms with van der Waals surface area (Å²) in [6, 6.07) is 10.1. The largest absolute Gasteiger partial charge is 0.339 e. The summed E-state index contributed by atoms with van der Waals surface area (Å²) in [5.74, 6) is 0.300. The molecular formula is C17H24ClN3O2. The van der Waals surface area contributed by atoms with E-state index < -0.39 is 0 Å². The van der Waals surface area contributed by atoms with Crippen molar-refractivity contribution in [3.05, 3.63) is 35.9 Å². The van der Waals surface area contributed by atoms with Gasteiger partial charge in [-0.1, -0.05) is 30.3 Å². The number of carbonyl (C=O) groups is 2. The molecule has 0 aromatic heterocycles. The molecule has 2 aliphatic rings. The van der Waals surface area contributed by atoms with Crippen LogP contribution in [0.4, 0.5) is 0 Å². The summed E-state index contributed by atoms with van der Waals surface area (Å²) in [5, 5.41) is 0. The first-order valence-electron chi connectivity index (χ1n) is 8.01. The number of carbonyl (C=O) groups excluding carboxylic acids is 2. The zero-order chi connectivity index (χ0) is 15.5. The van der Waals surface area contributed by atoms with Crippen LogP contribution in [0.15, 0.2) is 30.3 Å². The molecule has 0 saturated carbocycles. The fourth-order valence-corrected chi connectivity index (χ4v) is 3.38. The lowest BCUT2D eigenvalue weighted by molar-refractivity contribution is -0.141. The SMILES string of the molecule is Cl.N[C@@H]1CN(C(=O)CN2CCCCC2=O)C[C@H]1c1ccccc1. The Hall–Kier alpha value is -1.59. The van der Waals surface area contributed by atoms with E-state index >= 15 is 0 Å². The molecule has 0 spiro atoms. The first-order valence-corrected chi connectivity index (χ1v) is 8.01. The van der Waals surface area contributed by atoms with E-state index in [0.29, 0.717) is 26.1 Å². The quantitative estimate of drug-likeness (QED) is 0.906. The molecule has 0 unspecified atom stereocenters. The van der Waals surface area contributed by atoms with Gasteiger partial charge in [0.2, 0.25) is 11.8 Å². The van der Waals surface area contributed by atoms with E-state index in [1.54, 1.807) is 4.90 Å². The second-order valence-electron chi connectivity index (χ2n) is 6.25. The Morgan fingerprint density at radius 2 is 1.91 bits per heavy atom. The molecule has 2 fully saturated rings. The minimum absolute atomic E-state index is 0. The number of rotatable bonds is 3. The van der Waals surface area contributed by atoms with E-state index in [1.807, 2.05) is 23.1 Å². The smallest absolute Gasteiger partial charge is 0.242 e. The van der Waals surface area contributed by atoms with Crippen molar-refractivity contribution in [2.24, 2.45) is 5.73 Å². The van der Waals surface area contributed by atoms with Gasteiger partial charge in [-0.15, -0.1) is 12.4 Å². The van der Waals surface area contributed by atoms with E-state index in [4.69, 9.17) is 5.73 Å². The fraction of sp³-hybridized carbons (Fsp3) is 0.529. The lowest BCUT2D eigenvalue weighted by Crippen LogP contribution is -2.44. The summed E-state index contributed by atoms with van der Waals surface area (Å²) in [4.78, 5) is 27.8. The first kappa shape index (κ1) is 17.8. The van der Waals surface area contributed by atoms with Crippen molar-refractivity contribution in [3.63, 3.8) is 0 Å². The molecule has 0 bridgehead atoms. The number of hydrogen-bond donors (Lipinski definition) is 1. The lowest BCUT2D eigenvalue weighted by Gasteiger charge is -2.28. The maximum Gasteiger partial charge on any atom is 0.242 e. The Balaban J connectivity index is 0.00000192. The van der Waals surface area contributed by atoms with Crippen molar-refractivity contribution in [1.29, 1.82) is 0 Å². The average molecular weight is 338 g/mol. The van der Waals surface area contributed by atoms with Crippen molar-refractivity contribution in [3.8, 4) is 0 Å². The molecule has 23 heavy (non-hydrogen) atoms. The molecule has 2 amide bonds. The summed E-state index contributed by atoms with van der Waals surface area (Å²) in [5.41, 5.74) is 7.41. The van der Waals surface area contributed by atoms with Crippen molar-refractivity contribution < 1.29 is 9.59 Å². The van der Waals surface area contributed by atoms with Gasteiger partial charge >= 0.3 is 0 Å². The van der Waals surface area contributed by atoms with Crippen LogP contribution < -0.4 is 5.73 Å². The molecule has 2 N–H and O–H groups in total. The van der Waals surface area contributed by atoms with Crippen LogP contribution in [-0.4, -0.2) is 53.8 Å². The number of hydrogen-bond acceptors (Lipinski definition) is 3. The van der Waals surface area contributed by atoms with Crippen LogP contribution in [0.2, 0.25) is 0 Å². The van der Waals surface area contributed by atoms with Crippen LogP contribution in [0.3, 0.4) is 0 Å². The topological polar surface area (TPSA) is 66.6 Å². The van der Waals surface area contributed by atoms with E-state index in [-0.39, 0.29) is 42.7 Å². The van der Waals surface area contributed by atoms with Gasteiger partial charge in [-0.2, -0.15) is 0 Å². The number of likely N-dealkylation sites (tertiary alicyclic amines) is 2. The standard InChI is InChI=1S/C17H23N3O2.ClH/c18-15-11-20(10-14(15)13-6-2-1-3-7-13)17(22)12-19-9-5-4-8-16(19)21;/h1-3,6-7,14-15H,4-5,8-12,18H2;1H/t14-,15+;/m0./s1. The highest BCUT2D eigenvalue weighted by Gasteiger charge is 2.34. The Kier molecular flexibility index (Phi) is 6.02. The summed E-state index contributed by atoms with van der Waals surface area (Å²) in [6.07, 6.45) is 2.50. The van der Waals surface area contributed by atoms with Gasteiger partial charge in [-0.25, -0.2) is 0 Å². The zero-order valence-electron chi connectivity index (χ0n) is 13.2. The lowest BCUT2D eigenvalue weighted by atomic mass is 9.95. The molecular weight excluding hydrogens is 314 g/mol. The molecule has 5 nitrogen and oxygen atoms in total. The predicted molar refractivity (Wildman–Crippen MR) is 91.4 cm³/mol. The number of halogens is 1. The number of piperidine rings is 1. The van der Waals surface area contributed by atoms with Gasteiger partial charge in [0.1, 0.15) is 0 Å². The van der Waals surface area contributed by atoms with Crippen LogP contribution in [0.25, 0.3) is 0 Å². The Bertz CT molecular complexity index is 552. The summed E-state index contributed by atoms with van der Waals surface area (Å²) in [6.45, 7) is 2.12. The first-order chi connectivity index (χ1) is 10.6. The minimum atomic E-state index is -0.0385. The molecule has 0 aliphatic carbocycles. The zero-order valence-corrected chi connectivity index (χ0v) is 14.0. The molecule has 0 radical (unpaired) electrons. The van der Waals surface area contributed by atoms with E-state index in [2.05, 4.69) is 12.1 Å². The maximum absolute atomic E-state index is 12.5. The number of nitrogens with two attached hydrogens (primary N) is 1. The van der Waals surface area contributed by atoms with Gasteiger partial charge in [0.25, 0.3) is 0 Å². The van der Waals surface area contributed by atoms with E-state index in [1.165, 1.54) is 5.56 Å². The Labute approximate surface area is 143 Å². The van der Waals surface area contributed by atoms with Gasteiger partial charge in [0.05, 0.1) is 6.54 Å². The molecule has 2 saturated heterocycles. The van der Waals surface area contributed by atoms with Crippen LogP contribution in [-0.2, 0) is 9.59 Å². The molecule has 2 heterocycles. The highest BCUT2D eigenvalue weighted by atomic mass is 35.5. The summed E-state index contributed by atoms with van der Waals surface area (Å²) < 4.78 is 0. The highest BCUT2D eigenvalue weighted by molar-refractivity contribution is 5.85. The van der Waals surface area contributed by atoms with Crippen molar-refractivity contribution in [2.45, 2.75) is 31.2 Å². The molecule has 3 rings (SSSR count). The Morgan fingerprint density at radius 3 is 2.61 bits per heavy atom. The molecule has 6 heteroatoms. The molecule has 126 valence electrons. The Morgan fingerprint density at radius 1 is 1.17 bits per heavy atom. The van der Waals surface area contributed by atoms with Crippen LogP contribution in [0.1, 0.15) is 30.7 Å². The normalized spacial score (nSPS) is 24.5. The third-order valence-corrected chi connectivity index (χ3v) is 4.69. The fourth-order valence-electron chi connectivity index (χ4n) is 3.38. The van der Waals surface area contributed by atoms with Crippen molar-refractivity contribution >= 4 is 24.2 Å². The molecule has 1 aromatic rings. The molecule has 2 atom stereocenters. The van der Waals surface area contributed by atoms with E-state index in [0.717, 1.165) is 12.8 Å². The van der Waals surface area contributed by atoms with E-state index in [9.17, 15) is 9.59 Å². The van der Waals surface area contributed by atoms with Crippen LogP contribution in [0.5, 0.6) is 0 Å². The second-order valence-corrected chi connectivity index (χ2v) is 6.25. The summed E-state index contributed by atoms with van der Waals surface area (Å²) in [7, 11) is 0. The highest BCUT2D eigenvalue weighted by Crippen LogP contribution is 2.26. The monoisotopic (exact) mass is 337 g/mol. The minimum Gasteiger partial charge on any atom is -0.339 e. The molecule has 2 aliphatic heterocycles.